The molecule has 2 N–H and O–H groups in total. The van der Waals surface area contributed by atoms with E-state index in [4.69, 9.17) is 18.0 Å². The molecule has 4 nitrogen and oxygen atoms in total. The van der Waals surface area contributed by atoms with Crippen LogP contribution in [0.15, 0.2) is 24.4 Å². The van der Waals surface area contributed by atoms with Crippen molar-refractivity contribution in [2.45, 2.75) is 26.8 Å². The Morgan fingerprint density at radius 1 is 1.42 bits per heavy atom. The van der Waals surface area contributed by atoms with Gasteiger partial charge in [-0.3, -0.25) is 4.90 Å². The highest BCUT2D eigenvalue weighted by atomic mass is 32.1. The number of aromatic nitrogens is 2. The average Bonchev–Trinajstić information content (AvgIpc) is 2.71. The van der Waals surface area contributed by atoms with Crippen molar-refractivity contribution >= 4 is 22.9 Å². The predicted octanol–water partition coefficient (Wildman–Crippen LogP) is 2.31. The largest absolute Gasteiger partial charge is 0.392 e. The highest BCUT2D eigenvalue weighted by molar-refractivity contribution is 7.80. The fraction of sp³-hybridized carbons (Fsp3) is 0.429. The minimum Gasteiger partial charge on any atom is -0.392 e. The van der Waals surface area contributed by atoms with Crippen LogP contribution in [0.5, 0.6) is 0 Å². The van der Waals surface area contributed by atoms with Gasteiger partial charge in [-0.25, -0.2) is 4.98 Å². The smallest absolute Gasteiger partial charge is 0.137 e. The van der Waals surface area contributed by atoms with Gasteiger partial charge < -0.3 is 10.1 Å². The van der Waals surface area contributed by atoms with Crippen molar-refractivity contribution in [2.75, 3.05) is 13.1 Å². The van der Waals surface area contributed by atoms with Gasteiger partial charge in [0, 0.05) is 6.20 Å². The molecule has 0 saturated carbocycles. The van der Waals surface area contributed by atoms with Crippen molar-refractivity contribution < 1.29 is 0 Å². The molecule has 2 rings (SSSR count). The zero-order valence-corrected chi connectivity index (χ0v) is 12.4. The van der Waals surface area contributed by atoms with Crippen LogP contribution < -0.4 is 5.73 Å². The summed E-state index contributed by atoms with van der Waals surface area (Å²) in [5.74, 6) is 0. The number of hydrogen-bond acceptors (Lipinski definition) is 3. The van der Waals surface area contributed by atoms with E-state index in [9.17, 15) is 0 Å². The van der Waals surface area contributed by atoms with Gasteiger partial charge >= 0.3 is 0 Å². The highest BCUT2D eigenvalue weighted by Gasteiger charge is 2.26. The monoisotopic (exact) mass is 276 g/mol. The molecule has 2 heterocycles. The second kappa shape index (κ2) is 5.67. The van der Waals surface area contributed by atoms with Gasteiger partial charge in [-0.15, -0.1) is 0 Å². The first-order valence-electron chi connectivity index (χ1n) is 6.57. The third-order valence-electron chi connectivity index (χ3n) is 3.46. The number of thiocarbonyl (C=S) groups is 1. The lowest BCUT2D eigenvalue weighted by atomic mass is 10.1. The Hall–Kier alpha value is -1.46. The van der Waals surface area contributed by atoms with E-state index in [2.05, 4.69) is 28.1 Å². The van der Waals surface area contributed by atoms with Gasteiger partial charge in [0.2, 0.25) is 0 Å². The Kier molecular flexibility index (Phi) is 4.17. The van der Waals surface area contributed by atoms with Crippen molar-refractivity contribution in [3.05, 3.63) is 35.8 Å². The Bertz CT molecular complexity index is 586. The predicted molar refractivity (Wildman–Crippen MR) is 82.4 cm³/mol. The highest BCUT2D eigenvalue weighted by Crippen LogP contribution is 2.25. The molecule has 0 aliphatic heterocycles. The molecule has 0 saturated heterocycles. The van der Waals surface area contributed by atoms with E-state index in [1.807, 2.05) is 31.3 Å². The van der Waals surface area contributed by atoms with Gasteiger partial charge in [0.25, 0.3) is 0 Å². The van der Waals surface area contributed by atoms with E-state index in [0.717, 1.165) is 30.1 Å². The van der Waals surface area contributed by atoms with Gasteiger partial charge in [0.15, 0.2) is 0 Å². The van der Waals surface area contributed by atoms with E-state index in [0.29, 0.717) is 4.99 Å². The number of nitrogens with two attached hydrogens (primary N) is 1. The van der Waals surface area contributed by atoms with Gasteiger partial charge in [0.1, 0.15) is 11.7 Å². The summed E-state index contributed by atoms with van der Waals surface area (Å²) in [5, 5.41) is 0. The summed E-state index contributed by atoms with van der Waals surface area (Å²) in [4.78, 5) is 7.34. The lowest BCUT2D eigenvalue weighted by Gasteiger charge is -2.29. The second-order valence-electron chi connectivity index (χ2n) is 4.54. The van der Waals surface area contributed by atoms with Crippen LogP contribution in [0.1, 0.15) is 31.3 Å². The van der Waals surface area contributed by atoms with Crippen molar-refractivity contribution in [3.8, 4) is 0 Å². The molecule has 0 aliphatic carbocycles. The first-order chi connectivity index (χ1) is 9.10. The number of rotatable bonds is 5. The summed E-state index contributed by atoms with van der Waals surface area (Å²) in [5.41, 5.74) is 8.98. The lowest BCUT2D eigenvalue weighted by molar-refractivity contribution is 0.267. The first kappa shape index (κ1) is 14.0. The maximum Gasteiger partial charge on any atom is 0.137 e. The first-order valence-corrected chi connectivity index (χ1v) is 6.97. The zero-order chi connectivity index (χ0) is 14.0. The van der Waals surface area contributed by atoms with E-state index in [1.165, 1.54) is 0 Å². The van der Waals surface area contributed by atoms with Gasteiger partial charge in [-0.2, -0.15) is 0 Å². The molecule has 0 aliphatic rings. The molecule has 19 heavy (non-hydrogen) atoms. The van der Waals surface area contributed by atoms with Crippen molar-refractivity contribution in [1.82, 2.24) is 14.3 Å². The van der Waals surface area contributed by atoms with Crippen molar-refractivity contribution in [2.24, 2.45) is 5.73 Å². The Labute approximate surface area is 119 Å². The molecule has 1 unspecified atom stereocenters. The number of nitrogens with zero attached hydrogens (tertiary/aromatic N) is 3. The topological polar surface area (TPSA) is 46.6 Å². The third-order valence-corrected chi connectivity index (χ3v) is 3.68. The third kappa shape index (κ3) is 2.48. The van der Waals surface area contributed by atoms with Crippen LogP contribution in [0.2, 0.25) is 0 Å². The molecule has 2 aromatic heterocycles. The second-order valence-corrected chi connectivity index (χ2v) is 5.01. The summed E-state index contributed by atoms with van der Waals surface area (Å²) in [6.45, 7) is 8.05. The van der Waals surface area contributed by atoms with E-state index in [1.54, 1.807) is 0 Å². The summed E-state index contributed by atoms with van der Waals surface area (Å²) in [7, 11) is 0. The number of pyridine rings is 1. The molecule has 5 heteroatoms. The fourth-order valence-corrected chi connectivity index (χ4v) is 2.80. The fourth-order valence-electron chi connectivity index (χ4n) is 2.54. The van der Waals surface area contributed by atoms with Crippen LogP contribution in [0.25, 0.3) is 5.65 Å². The summed E-state index contributed by atoms with van der Waals surface area (Å²) < 4.78 is 2.08. The molecule has 0 radical (unpaired) electrons. The van der Waals surface area contributed by atoms with Crippen molar-refractivity contribution in [3.63, 3.8) is 0 Å². The van der Waals surface area contributed by atoms with Crippen LogP contribution in [0.4, 0.5) is 0 Å². The van der Waals surface area contributed by atoms with E-state index < -0.39 is 0 Å². The van der Waals surface area contributed by atoms with Gasteiger partial charge in [-0.1, -0.05) is 32.1 Å². The van der Waals surface area contributed by atoms with Crippen LogP contribution >= 0.6 is 12.2 Å². The van der Waals surface area contributed by atoms with Gasteiger partial charge in [-0.05, 0) is 32.1 Å². The van der Waals surface area contributed by atoms with E-state index in [-0.39, 0.29) is 6.04 Å². The van der Waals surface area contributed by atoms with Crippen LogP contribution in [-0.2, 0) is 0 Å². The molecule has 0 bridgehead atoms. The summed E-state index contributed by atoms with van der Waals surface area (Å²) in [6.07, 6.45) is 2.01. The number of fused-ring (bicyclic) bond motifs is 1. The molecule has 0 fully saturated rings. The Morgan fingerprint density at radius 2 is 2.11 bits per heavy atom. The maximum absolute atomic E-state index is 5.99. The normalized spacial score (nSPS) is 13.1. The number of hydrogen-bond donors (Lipinski definition) is 1. The number of imidazole rings is 1. The Balaban J connectivity index is 2.62. The minimum absolute atomic E-state index is 0.0672. The average molecular weight is 276 g/mol. The van der Waals surface area contributed by atoms with Gasteiger partial charge in [0.05, 0.1) is 16.4 Å². The van der Waals surface area contributed by atoms with Crippen LogP contribution in [-0.4, -0.2) is 32.4 Å². The summed E-state index contributed by atoms with van der Waals surface area (Å²) in [6, 6.07) is 5.91. The Morgan fingerprint density at radius 3 is 2.68 bits per heavy atom. The SMILES string of the molecule is CCN(CC)C(C(N)=S)c1c(C)nc2ccccn12. The number of aryl methyl sites for hydroxylation is 1. The molecule has 102 valence electrons. The van der Waals surface area contributed by atoms with Crippen LogP contribution in [0, 0.1) is 6.92 Å². The molecule has 1 atom stereocenters. The standard InChI is InChI=1S/C14H20N4S/c1-4-17(5-2)13(14(15)19)12-10(3)16-11-8-6-7-9-18(11)12/h6-9,13H,4-5H2,1-3H3,(H2,15,19). The van der Waals surface area contributed by atoms with Crippen LogP contribution in [0.3, 0.4) is 0 Å². The molecule has 2 aromatic rings. The molecule has 0 amide bonds. The zero-order valence-electron chi connectivity index (χ0n) is 11.6. The molecule has 0 spiro atoms. The number of likely N-dealkylation sites (N-methyl/N-ethyl adjacent to an activating group) is 1. The van der Waals surface area contributed by atoms with E-state index >= 15 is 0 Å². The lowest BCUT2D eigenvalue weighted by Crippen LogP contribution is -2.37. The van der Waals surface area contributed by atoms with Crippen molar-refractivity contribution in [1.29, 1.82) is 0 Å². The molecular weight excluding hydrogens is 256 g/mol. The quantitative estimate of drug-likeness (QED) is 0.851. The molecular formula is C14H20N4S. The minimum atomic E-state index is -0.0672. The molecule has 0 aromatic carbocycles. The summed E-state index contributed by atoms with van der Waals surface area (Å²) >= 11 is 5.29. The maximum atomic E-state index is 5.99.